The molecule has 0 saturated heterocycles. The average Bonchev–Trinajstić information content (AvgIpc) is 2.36. The summed E-state index contributed by atoms with van der Waals surface area (Å²) in [6, 6.07) is 3.29. The third-order valence-electron chi connectivity index (χ3n) is 2.77. The van der Waals surface area contributed by atoms with Crippen LogP contribution in [0.5, 0.6) is 0 Å². The van der Waals surface area contributed by atoms with Crippen LogP contribution in [0, 0.1) is 24.1 Å². The molecule has 18 heavy (non-hydrogen) atoms. The second-order valence-corrected chi connectivity index (χ2v) is 4.29. The van der Waals surface area contributed by atoms with Crippen molar-refractivity contribution in [3.63, 3.8) is 0 Å². The number of nitrogens with zero attached hydrogens (tertiary/aromatic N) is 2. The van der Waals surface area contributed by atoms with E-state index in [9.17, 15) is 4.39 Å². The molecule has 0 amide bonds. The molecule has 1 N–H and O–H groups in total. The first-order chi connectivity index (χ1) is 8.60. The lowest BCUT2D eigenvalue weighted by Crippen LogP contribution is -2.03. The molecule has 92 valence electrons. The van der Waals surface area contributed by atoms with Gasteiger partial charge in [0, 0.05) is 18.1 Å². The van der Waals surface area contributed by atoms with Crippen molar-refractivity contribution < 1.29 is 4.39 Å². The van der Waals surface area contributed by atoms with Crippen LogP contribution in [-0.4, -0.2) is 11.5 Å². The molecule has 0 bridgehead atoms. The molecule has 0 aliphatic heterocycles. The highest BCUT2D eigenvalue weighted by Gasteiger charge is 2.15. The quantitative estimate of drug-likeness (QED) is 0.900. The van der Waals surface area contributed by atoms with E-state index in [-0.39, 0.29) is 5.02 Å². The number of halogens is 2. The fourth-order valence-corrected chi connectivity index (χ4v) is 2.15. The number of rotatable bonds is 2. The summed E-state index contributed by atoms with van der Waals surface area (Å²) in [5.41, 5.74) is 1.92. The highest BCUT2D eigenvalue weighted by atomic mass is 35.5. The molecular formula is C13H11ClFN3. The van der Waals surface area contributed by atoms with E-state index in [1.807, 2.05) is 13.0 Å². The van der Waals surface area contributed by atoms with Gasteiger partial charge in [0.25, 0.3) is 0 Å². The number of anilines is 1. The van der Waals surface area contributed by atoms with Gasteiger partial charge in [0.15, 0.2) is 0 Å². The van der Waals surface area contributed by atoms with Crippen molar-refractivity contribution in [3.05, 3.63) is 34.2 Å². The zero-order chi connectivity index (χ0) is 13.3. The smallest absolute Gasteiger partial charge is 0.128 e. The standard InChI is InChI=1S/C13H11ClFN3/c1-3-17-12-8(5-16)6-18-13-9(14)4-10(15)7(2)11(12)13/h4,6H,3H2,1-2H3,(H,17,18). The van der Waals surface area contributed by atoms with Crippen LogP contribution in [0.25, 0.3) is 10.9 Å². The molecule has 0 saturated carbocycles. The van der Waals surface area contributed by atoms with Crippen molar-refractivity contribution in [1.29, 1.82) is 5.26 Å². The molecule has 5 heteroatoms. The van der Waals surface area contributed by atoms with Gasteiger partial charge in [-0.05, 0) is 25.5 Å². The van der Waals surface area contributed by atoms with E-state index in [1.54, 1.807) is 6.92 Å². The Labute approximate surface area is 109 Å². The minimum absolute atomic E-state index is 0.247. The largest absolute Gasteiger partial charge is 0.384 e. The molecule has 0 aliphatic rings. The highest BCUT2D eigenvalue weighted by molar-refractivity contribution is 6.35. The Hall–Kier alpha value is -1.86. The molecule has 0 atom stereocenters. The monoisotopic (exact) mass is 263 g/mol. The van der Waals surface area contributed by atoms with Gasteiger partial charge in [0.1, 0.15) is 11.9 Å². The fraction of sp³-hybridized carbons (Fsp3) is 0.231. The number of benzene rings is 1. The van der Waals surface area contributed by atoms with Crippen LogP contribution < -0.4 is 5.32 Å². The van der Waals surface area contributed by atoms with Gasteiger partial charge in [-0.3, -0.25) is 4.98 Å². The molecule has 3 nitrogen and oxygen atoms in total. The fourth-order valence-electron chi connectivity index (χ4n) is 1.91. The Morgan fingerprint density at radius 2 is 2.28 bits per heavy atom. The Balaban J connectivity index is 2.95. The molecule has 1 aromatic heterocycles. The topological polar surface area (TPSA) is 48.7 Å². The Morgan fingerprint density at radius 1 is 1.56 bits per heavy atom. The van der Waals surface area contributed by atoms with Gasteiger partial charge in [-0.2, -0.15) is 5.26 Å². The summed E-state index contributed by atoms with van der Waals surface area (Å²) in [5, 5.41) is 13.0. The minimum atomic E-state index is -0.399. The third-order valence-corrected chi connectivity index (χ3v) is 3.05. The van der Waals surface area contributed by atoms with E-state index in [0.29, 0.717) is 34.3 Å². The van der Waals surface area contributed by atoms with Crippen LogP contribution in [0.1, 0.15) is 18.1 Å². The van der Waals surface area contributed by atoms with Crippen molar-refractivity contribution in [2.75, 3.05) is 11.9 Å². The highest BCUT2D eigenvalue weighted by Crippen LogP contribution is 2.34. The maximum absolute atomic E-state index is 13.7. The second-order valence-electron chi connectivity index (χ2n) is 3.88. The first kappa shape index (κ1) is 12.6. The van der Waals surface area contributed by atoms with Crippen molar-refractivity contribution in [2.24, 2.45) is 0 Å². The van der Waals surface area contributed by atoms with Gasteiger partial charge in [-0.25, -0.2) is 4.39 Å². The number of hydrogen-bond acceptors (Lipinski definition) is 3. The lowest BCUT2D eigenvalue weighted by molar-refractivity contribution is 0.621. The predicted octanol–water partition coefficient (Wildman–Crippen LogP) is 3.64. The summed E-state index contributed by atoms with van der Waals surface area (Å²) in [4.78, 5) is 4.14. The van der Waals surface area contributed by atoms with E-state index in [4.69, 9.17) is 16.9 Å². The van der Waals surface area contributed by atoms with E-state index in [0.717, 1.165) is 0 Å². The zero-order valence-electron chi connectivity index (χ0n) is 10.0. The van der Waals surface area contributed by atoms with Crippen molar-refractivity contribution >= 4 is 28.2 Å². The Morgan fingerprint density at radius 3 is 2.89 bits per heavy atom. The lowest BCUT2D eigenvalue weighted by Gasteiger charge is -2.13. The number of fused-ring (bicyclic) bond motifs is 1. The molecule has 0 unspecified atom stereocenters. The maximum atomic E-state index is 13.7. The number of pyridine rings is 1. The number of hydrogen-bond donors (Lipinski definition) is 1. The van der Waals surface area contributed by atoms with Crippen LogP contribution in [0.4, 0.5) is 10.1 Å². The molecule has 0 fully saturated rings. The van der Waals surface area contributed by atoms with Gasteiger partial charge in [0.05, 0.1) is 21.8 Å². The van der Waals surface area contributed by atoms with Crippen LogP contribution >= 0.6 is 11.6 Å². The van der Waals surface area contributed by atoms with Gasteiger partial charge in [-0.1, -0.05) is 11.6 Å². The summed E-state index contributed by atoms with van der Waals surface area (Å²) in [5.74, 6) is -0.399. The van der Waals surface area contributed by atoms with Gasteiger partial charge < -0.3 is 5.32 Å². The Bertz CT molecular complexity index is 662. The first-order valence-electron chi connectivity index (χ1n) is 5.51. The van der Waals surface area contributed by atoms with E-state index >= 15 is 0 Å². The SMILES string of the molecule is CCNc1c(C#N)cnc2c(Cl)cc(F)c(C)c12. The summed E-state index contributed by atoms with van der Waals surface area (Å²) >= 11 is 5.99. The first-order valence-corrected chi connectivity index (χ1v) is 5.89. The average molecular weight is 264 g/mol. The molecular weight excluding hydrogens is 253 g/mol. The zero-order valence-corrected chi connectivity index (χ0v) is 10.8. The van der Waals surface area contributed by atoms with E-state index < -0.39 is 5.82 Å². The number of nitrogens with one attached hydrogen (secondary N) is 1. The van der Waals surface area contributed by atoms with Crippen LogP contribution in [0.3, 0.4) is 0 Å². The molecule has 2 rings (SSSR count). The summed E-state index contributed by atoms with van der Waals surface area (Å²) in [6.07, 6.45) is 1.45. The van der Waals surface area contributed by atoms with E-state index in [1.165, 1.54) is 12.3 Å². The number of nitriles is 1. The van der Waals surface area contributed by atoms with Gasteiger partial charge in [-0.15, -0.1) is 0 Å². The predicted molar refractivity (Wildman–Crippen MR) is 70.3 cm³/mol. The lowest BCUT2D eigenvalue weighted by atomic mass is 10.0. The third kappa shape index (κ3) is 1.87. The Kier molecular flexibility index (Phi) is 3.35. The molecule has 1 aromatic carbocycles. The molecule has 0 spiro atoms. The van der Waals surface area contributed by atoms with Crippen LogP contribution in [-0.2, 0) is 0 Å². The number of aromatic nitrogens is 1. The normalized spacial score (nSPS) is 10.4. The van der Waals surface area contributed by atoms with Crippen molar-refractivity contribution in [1.82, 2.24) is 4.98 Å². The second kappa shape index (κ2) is 4.79. The summed E-state index contributed by atoms with van der Waals surface area (Å²) < 4.78 is 13.7. The van der Waals surface area contributed by atoms with Gasteiger partial charge in [0.2, 0.25) is 0 Å². The molecule has 0 aliphatic carbocycles. The van der Waals surface area contributed by atoms with Crippen LogP contribution in [0.2, 0.25) is 5.02 Å². The summed E-state index contributed by atoms with van der Waals surface area (Å²) in [7, 11) is 0. The van der Waals surface area contributed by atoms with Gasteiger partial charge >= 0.3 is 0 Å². The molecule has 1 heterocycles. The minimum Gasteiger partial charge on any atom is -0.384 e. The maximum Gasteiger partial charge on any atom is 0.128 e. The molecule has 2 aromatic rings. The van der Waals surface area contributed by atoms with E-state index in [2.05, 4.69) is 10.3 Å². The van der Waals surface area contributed by atoms with Crippen LogP contribution in [0.15, 0.2) is 12.3 Å². The number of aryl methyl sites for hydroxylation is 1. The van der Waals surface area contributed by atoms with Crippen molar-refractivity contribution in [3.8, 4) is 6.07 Å². The summed E-state index contributed by atoms with van der Waals surface area (Å²) in [6.45, 7) is 4.18. The van der Waals surface area contributed by atoms with Crippen molar-refractivity contribution in [2.45, 2.75) is 13.8 Å². The molecule has 0 radical (unpaired) electrons.